The fourth-order valence-electron chi connectivity index (χ4n) is 2.94. The van der Waals surface area contributed by atoms with E-state index in [1.807, 2.05) is 47.2 Å². The Bertz CT molecular complexity index is 970. The Morgan fingerprint density at radius 2 is 1.74 bits per heavy atom. The smallest absolute Gasteiger partial charge is 0.367 e. The number of halogens is 3. The average Bonchev–Trinajstić information content (AvgIpc) is 3.29. The third-order valence-electron chi connectivity index (χ3n) is 4.46. The lowest BCUT2D eigenvalue weighted by molar-refractivity contribution is -0.176. The first-order chi connectivity index (χ1) is 14.9. The first-order valence-corrected chi connectivity index (χ1v) is 9.67. The molecule has 0 spiro atoms. The summed E-state index contributed by atoms with van der Waals surface area (Å²) in [7, 11) is 1.69. The number of para-hydroxylation sites is 1. The quantitative estimate of drug-likeness (QED) is 0.421. The van der Waals surface area contributed by atoms with Gasteiger partial charge in [-0.2, -0.15) is 13.2 Å². The number of imidazole rings is 1. The highest BCUT2D eigenvalue weighted by Crippen LogP contribution is 2.16. The van der Waals surface area contributed by atoms with Gasteiger partial charge in [-0.3, -0.25) is 4.99 Å². The second-order valence-corrected chi connectivity index (χ2v) is 6.80. The Labute approximate surface area is 178 Å². The molecule has 1 aromatic heterocycles. The van der Waals surface area contributed by atoms with Crippen LogP contribution in [-0.4, -0.2) is 35.3 Å². The molecule has 0 saturated heterocycles. The number of nitrogens with zero attached hydrogens (tertiary/aromatic N) is 3. The number of nitrogens with one attached hydrogen (secondary N) is 2. The fourth-order valence-corrected chi connectivity index (χ4v) is 2.94. The van der Waals surface area contributed by atoms with E-state index in [1.165, 1.54) is 0 Å². The maximum absolute atomic E-state index is 12.1. The molecule has 2 N–H and O–H groups in total. The van der Waals surface area contributed by atoms with Crippen molar-refractivity contribution in [2.75, 3.05) is 13.7 Å². The highest BCUT2D eigenvalue weighted by molar-refractivity contribution is 5.79. The van der Waals surface area contributed by atoms with Gasteiger partial charge in [0.2, 0.25) is 0 Å². The molecule has 0 fully saturated rings. The molecule has 0 saturated carbocycles. The Balaban J connectivity index is 1.49. The minimum Gasteiger partial charge on any atom is -0.367 e. The summed E-state index contributed by atoms with van der Waals surface area (Å²) in [6.45, 7) is -0.231. The zero-order chi connectivity index (χ0) is 22.1. The third kappa shape index (κ3) is 7.14. The zero-order valence-corrected chi connectivity index (χ0v) is 17.1. The van der Waals surface area contributed by atoms with Gasteiger partial charge < -0.3 is 19.9 Å². The standard InChI is InChI=1S/C22H24F3N5O/c1-26-21(29-13-19-4-2-3-5-20(19)30-11-10-27-16-30)28-12-17-6-8-18(9-7-17)14-31-15-22(23,24)25/h2-11,16H,12-15H2,1H3,(H2,26,28,29). The number of rotatable bonds is 8. The van der Waals surface area contributed by atoms with Gasteiger partial charge in [0.15, 0.2) is 5.96 Å². The average molecular weight is 431 g/mol. The summed E-state index contributed by atoms with van der Waals surface area (Å²) in [5.74, 6) is 0.637. The molecule has 0 bridgehead atoms. The van der Waals surface area contributed by atoms with Gasteiger partial charge >= 0.3 is 6.18 Å². The monoisotopic (exact) mass is 431 g/mol. The summed E-state index contributed by atoms with van der Waals surface area (Å²) >= 11 is 0. The molecule has 9 heteroatoms. The molecule has 31 heavy (non-hydrogen) atoms. The van der Waals surface area contributed by atoms with Crippen molar-refractivity contribution < 1.29 is 17.9 Å². The summed E-state index contributed by atoms with van der Waals surface area (Å²) < 4.78 is 43.1. The molecule has 3 rings (SSSR count). The molecule has 0 atom stereocenters. The Hall–Kier alpha value is -3.33. The van der Waals surface area contributed by atoms with Gasteiger partial charge in [0.25, 0.3) is 0 Å². The Morgan fingerprint density at radius 1 is 1.03 bits per heavy atom. The highest BCUT2D eigenvalue weighted by Gasteiger charge is 2.27. The lowest BCUT2D eigenvalue weighted by atomic mass is 10.1. The van der Waals surface area contributed by atoms with Gasteiger partial charge in [-0.05, 0) is 22.8 Å². The van der Waals surface area contributed by atoms with E-state index in [0.29, 0.717) is 24.6 Å². The molecule has 0 radical (unpaired) electrons. The van der Waals surface area contributed by atoms with Gasteiger partial charge in [0.05, 0.1) is 18.6 Å². The molecule has 1 heterocycles. The SMILES string of the molecule is CN=C(NCc1ccc(COCC(F)(F)F)cc1)NCc1ccccc1-n1ccnc1. The molecule has 6 nitrogen and oxygen atoms in total. The maximum Gasteiger partial charge on any atom is 0.411 e. The van der Waals surface area contributed by atoms with E-state index in [0.717, 1.165) is 16.8 Å². The van der Waals surface area contributed by atoms with E-state index < -0.39 is 12.8 Å². The van der Waals surface area contributed by atoms with E-state index in [4.69, 9.17) is 0 Å². The molecule has 2 aromatic carbocycles. The van der Waals surface area contributed by atoms with Crippen LogP contribution in [0.3, 0.4) is 0 Å². The van der Waals surface area contributed by atoms with Crippen LogP contribution in [0, 0.1) is 0 Å². The fraction of sp³-hybridized carbons (Fsp3) is 0.273. The number of hydrogen-bond donors (Lipinski definition) is 2. The minimum atomic E-state index is -4.31. The van der Waals surface area contributed by atoms with Crippen LogP contribution in [0.2, 0.25) is 0 Å². The number of aromatic nitrogens is 2. The number of alkyl halides is 3. The molecule has 0 aliphatic rings. The van der Waals surface area contributed by atoms with Crippen LogP contribution >= 0.6 is 0 Å². The Morgan fingerprint density at radius 3 is 2.42 bits per heavy atom. The van der Waals surface area contributed by atoms with E-state index in [1.54, 1.807) is 31.7 Å². The van der Waals surface area contributed by atoms with Gasteiger partial charge in [0, 0.05) is 32.5 Å². The van der Waals surface area contributed by atoms with Crippen molar-refractivity contribution in [2.24, 2.45) is 4.99 Å². The van der Waals surface area contributed by atoms with Crippen LogP contribution in [0.25, 0.3) is 5.69 Å². The lowest BCUT2D eigenvalue weighted by Crippen LogP contribution is -2.36. The van der Waals surface area contributed by atoms with Gasteiger partial charge in [-0.25, -0.2) is 4.98 Å². The molecular formula is C22H24F3N5O. The van der Waals surface area contributed by atoms with E-state index in [-0.39, 0.29) is 6.61 Å². The van der Waals surface area contributed by atoms with Gasteiger partial charge in [0.1, 0.15) is 6.61 Å². The van der Waals surface area contributed by atoms with Gasteiger partial charge in [-0.15, -0.1) is 0 Å². The van der Waals surface area contributed by atoms with Crippen LogP contribution < -0.4 is 10.6 Å². The van der Waals surface area contributed by atoms with Crippen molar-refractivity contribution in [2.45, 2.75) is 25.9 Å². The summed E-state index contributed by atoms with van der Waals surface area (Å²) in [5, 5.41) is 6.52. The number of benzene rings is 2. The first kappa shape index (κ1) is 22.4. The van der Waals surface area contributed by atoms with Crippen molar-refractivity contribution in [1.29, 1.82) is 0 Å². The van der Waals surface area contributed by atoms with Crippen molar-refractivity contribution in [3.63, 3.8) is 0 Å². The summed E-state index contributed by atoms with van der Waals surface area (Å²) in [4.78, 5) is 8.34. The second-order valence-electron chi connectivity index (χ2n) is 6.80. The predicted molar refractivity (Wildman–Crippen MR) is 113 cm³/mol. The van der Waals surface area contributed by atoms with Crippen LogP contribution in [0.5, 0.6) is 0 Å². The third-order valence-corrected chi connectivity index (χ3v) is 4.46. The van der Waals surface area contributed by atoms with E-state index in [9.17, 15) is 13.2 Å². The number of ether oxygens (including phenoxy) is 1. The molecule has 0 aliphatic carbocycles. The van der Waals surface area contributed by atoms with Crippen LogP contribution in [0.4, 0.5) is 13.2 Å². The lowest BCUT2D eigenvalue weighted by Gasteiger charge is -2.15. The topological polar surface area (TPSA) is 63.5 Å². The largest absolute Gasteiger partial charge is 0.411 e. The molecule has 0 aliphatic heterocycles. The molecule has 3 aromatic rings. The number of guanidine groups is 1. The van der Waals surface area contributed by atoms with Crippen molar-refractivity contribution in [1.82, 2.24) is 20.2 Å². The first-order valence-electron chi connectivity index (χ1n) is 9.67. The minimum absolute atomic E-state index is 0.0766. The maximum atomic E-state index is 12.1. The highest BCUT2D eigenvalue weighted by atomic mass is 19.4. The van der Waals surface area contributed by atoms with Crippen molar-refractivity contribution in [3.8, 4) is 5.69 Å². The molecule has 0 amide bonds. The molecular weight excluding hydrogens is 407 g/mol. The van der Waals surface area contributed by atoms with E-state index in [2.05, 4.69) is 25.3 Å². The zero-order valence-electron chi connectivity index (χ0n) is 17.1. The van der Waals surface area contributed by atoms with Crippen molar-refractivity contribution >= 4 is 5.96 Å². The Kier molecular flexibility index (Phi) is 7.66. The number of hydrogen-bond acceptors (Lipinski definition) is 3. The van der Waals surface area contributed by atoms with Crippen LogP contribution in [0.1, 0.15) is 16.7 Å². The van der Waals surface area contributed by atoms with Crippen molar-refractivity contribution in [3.05, 3.63) is 83.9 Å². The van der Waals surface area contributed by atoms with E-state index >= 15 is 0 Å². The summed E-state index contributed by atoms with van der Waals surface area (Å²) in [6.07, 6.45) is 1.07. The second kappa shape index (κ2) is 10.6. The van der Waals surface area contributed by atoms with Gasteiger partial charge in [-0.1, -0.05) is 42.5 Å². The predicted octanol–water partition coefficient (Wildman–Crippen LogP) is 3.82. The molecule has 0 unspecified atom stereocenters. The molecule has 164 valence electrons. The summed E-state index contributed by atoms with van der Waals surface area (Å²) in [6, 6.07) is 15.2. The summed E-state index contributed by atoms with van der Waals surface area (Å²) in [5.41, 5.74) is 3.78. The number of aliphatic imine (C=N–C) groups is 1. The normalized spacial score (nSPS) is 12.1. The van der Waals surface area contributed by atoms with Crippen LogP contribution in [0.15, 0.2) is 72.2 Å². The van der Waals surface area contributed by atoms with Crippen LogP contribution in [-0.2, 0) is 24.4 Å².